The van der Waals surface area contributed by atoms with Gasteiger partial charge in [-0.15, -0.1) is 0 Å². The van der Waals surface area contributed by atoms with Gasteiger partial charge in [-0.3, -0.25) is 4.79 Å². The van der Waals surface area contributed by atoms with Crippen molar-refractivity contribution in [3.63, 3.8) is 0 Å². The normalized spacial score (nSPS) is 13.2. The first-order valence-electron chi connectivity index (χ1n) is 6.35. The fourth-order valence-corrected chi connectivity index (χ4v) is 2.37. The lowest BCUT2D eigenvalue weighted by Crippen LogP contribution is -2.52. The van der Waals surface area contributed by atoms with Crippen molar-refractivity contribution in [1.82, 2.24) is 0 Å². The second-order valence-electron chi connectivity index (χ2n) is 4.77. The van der Waals surface area contributed by atoms with Crippen molar-refractivity contribution in [2.24, 2.45) is 0 Å². The van der Waals surface area contributed by atoms with E-state index in [4.69, 9.17) is 0 Å². The van der Waals surface area contributed by atoms with E-state index in [0.717, 1.165) is 0 Å². The Hall–Kier alpha value is -1.18. The van der Waals surface area contributed by atoms with Crippen LogP contribution in [0.1, 0.15) is 30.1 Å². The number of carbonyl (C=O) groups excluding carboxylic acids is 1. The van der Waals surface area contributed by atoms with Crippen LogP contribution in [0.3, 0.4) is 0 Å². The van der Waals surface area contributed by atoms with Gasteiger partial charge in [-0.2, -0.15) is 26.3 Å². The van der Waals surface area contributed by atoms with Crippen LogP contribution in [0, 0.1) is 0 Å². The Labute approximate surface area is 128 Å². The van der Waals surface area contributed by atoms with Gasteiger partial charge in [0, 0.05) is 24.7 Å². The number of rotatable bonds is 7. The van der Waals surface area contributed by atoms with E-state index in [-0.39, 0.29) is 12.7 Å². The molecule has 0 radical (unpaired) electrons. The Morgan fingerprint density at radius 1 is 1.05 bits per heavy atom. The van der Waals surface area contributed by atoms with Crippen LogP contribution in [-0.2, 0) is 0 Å². The van der Waals surface area contributed by atoms with Crippen molar-refractivity contribution in [3.8, 4) is 0 Å². The van der Waals surface area contributed by atoms with E-state index in [1.807, 2.05) is 0 Å². The topological polar surface area (TPSA) is 17.1 Å². The minimum atomic E-state index is -5.42. The molecule has 0 spiro atoms. The smallest absolute Gasteiger partial charge is 0.282 e. The van der Waals surface area contributed by atoms with Crippen LogP contribution >= 0.6 is 11.8 Å². The summed E-state index contributed by atoms with van der Waals surface area (Å²) in [5, 5.41) is -0.392. The van der Waals surface area contributed by atoms with Gasteiger partial charge in [-0.25, -0.2) is 0 Å². The summed E-state index contributed by atoms with van der Waals surface area (Å²) in [6, 6.07) is 7.97. The molecule has 22 heavy (non-hydrogen) atoms. The standard InChI is InChI=1S/C14H14F6OS/c1-12(15,16)14(19,20)13(17,18)8-5-9-22-11(21)10-6-3-2-4-7-10/h2-4,6-7H,5,8-9H2,1H3. The minimum absolute atomic E-state index is 0.158. The highest BCUT2D eigenvalue weighted by Crippen LogP contribution is 2.47. The van der Waals surface area contributed by atoms with Crippen molar-refractivity contribution in [2.75, 3.05) is 5.75 Å². The number of hydrogen-bond acceptors (Lipinski definition) is 2. The van der Waals surface area contributed by atoms with Gasteiger partial charge >= 0.3 is 17.8 Å². The van der Waals surface area contributed by atoms with Crippen LogP contribution in [0.5, 0.6) is 0 Å². The second-order valence-corrected chi connectivity index (χ2v) is 5.84. The van der Waals surface area contributed by atoms with Crippen molar-refractivity contribution in [1.29, 1.82) is 0 Å². The van der Waals surface area contributed by atoms with E-state index in [1.165, 1.54) is 12.1 Å². The fraction of sp³-hybridized carbons (Fsp3) is 0.500. The van der Waals surface area contributed by atoms with Gasteiger partial charge in [0.25, 0.3) is 0 Å². The molecule has 1 rings (SSSR count). The monoisotopic (exact) mass is 344 g/mol. The molecule has 0 heterocycles. The maximum Gasteiger partial charge on any atom is 0.371 e. The zero-order valence-electron chi connectivity index (χ0n) is 11.6. The molecule has 0 unspecified atom stereocenters. The molecule has 0 amide bonds. The third kappa shape index (κ3) is 4.41. The average molecular weight is 344 g/mol. The molecule has 1 aromatic carbocycles. The lowest BCUT2D eigenvalue weighted by molar-refractivity contribution is -0.304. The van der Waals surface area contributed by atoms with Gasteiger partial charge in [0.2, 0.25) is 5.12 Å². The maximum absolute atomic E-state index is 13.2. The van der Waals surface area contributed by atoms with E-state index in [0.29, 0.717) is 17.3 Å². The first-order valence-corrected chi connectivity index (χ1v) is 7.33. The zero-order chi connectivity index (χ0) is 17.0. The molecule has 0 aliphatic rings. The summed E-state index contributed by atoms with van der Waals surface area (Å²) in [4.78, 5) is 11.6. The third-order valence-electron chi connectivity index (χ3n) is 2.89. The number of benzene rings is 1. The first-order chi connectivity index (χ1) is 9.99. The quantitative estimate of drug-likeness (QED) is 0.495. The lowest BCUT2D eigenvalue weighted by atomic mass is 10.0. The Bertz CT molecular complexity index is 498. The largest absolute Gasteiger partial charge is 0.371 e. The van der Waals surface area contributed by atoms with Gasteiger partial charge < -0.3 is 0 Å². The zero-order valence-corrected chi connectivity index (χ0v) is 12.4. The van der Waals surface area contributed by atoms with Gasteiger partial charge in [0.1, 0.15) is 0 Å². The first kappa shape index (κ1) is 18.9. The Balaban J connectivity index is 2.49. The molecule has 1 aromatic rings. The van der Waals surface area contributed by atoms with Crippen molar-refractivity contribution >= 4 is 16.9 Å². The van der Waals surface area contributed by atoms with E-state index in [2.05, 4.69) is 0 Å². The van der Waals surface area contributed by atoms with Crippen LogP contribution in [0.15, 0.2) is 30.3 Å². The summed E-state index contributed by atoms with van der Waals surface area (Å²) in [5.41, 5.74) is 0.352. The number of alkyl halides is 6. The Kier molecular flexibility index (Phi) is 5.95. The Morgan fingerprint density at radius 2 is 1.59 bits per heavy atom. The predicted octanol–water partition coefficient (Wildman–Crippen LogP) is 5.27. The number of carbonyl (C=O) groups is 1. The lowest BCUT2D eigenvalue weighted by Gasteiger charge is -2.30. The number of halogens is 6. The fourth-order valence-electron chi connectivity index (χ4n) is 1.59. The molecule has 0 saturated heterocycles. The molecule has 0 saturated carbocycles. The van der Waals surface area contributed by atoms with E-state index >= 15 is 0 Å². The van der Waals surface area contributed by atoms with Crippen LogP contribution in [-0.4, -0.2) is 28.6 Å². The van der Waals surface area contributed by atoms with Crippen molar-refractivity contribution in [3.05, 3.63) is 35.9 Å². The summed E-state index contributed by atoms with van der Waals surface area (Å²) in [5.74, 6) is -15.2. The summed E-state index contributed by atoms with van der Waals surface area (Å²) >= 11 is 0.684. The molecule has 124 valence electrons. The molecule has 0 atom stereocenters. The molecule has 1 nitrogen and oxygen atoms in total. The van der Waals surface area contributed by atoms with E-state index < -0.39 is 35.7 Å². The van der Waals surface area contributed by atoms with Crippen LogP contribution in [0.25, 0.3) is 0 Å². The van der Waals surface area contributed by atoms with Crippen molar-refractivity contribution in [2.45, 2.75) is 37.5 Å². The molecule has 0 N–H and O–H groups in total. The van der Waals surface area contributed by atoms with Gasteiger partial charge in [-0.1, -0.05) is 42.1 Å². The van der Waals surface area contributed by atoms with Crippen LogP contribution in [0.2, 0.25) is 0 Å². The molecule has 0 bridgehead atoms. The molecular formula is C14H14F6OS. The second kappa shape index (κ2) is 6.93. The summed E-state index contributed by atoms with van der Waals surface area (Å²) in [7, 11) is 0. The van der Waals surface area contributed by atoms with E-state index in [1.54, 1.807) is 18.2 Å². The summed E-state index contributed by atoms with van der Waals surface area (Å²) < 4.78 is 77.5. The average Bonchev–Trinajstić information content (AvgIpc) is 2.43. The van der Waals surface area contributed by atoms with Gasteiger partial charge in [0.05, 0.1) is 0 Å². The summed E-state index contributed by atoms with van der Waals surface area (Å²) in [6.45, 7) is -0.241. The highest BCUT2D eigenvalue weighted by molar-refractivity contribution is 8.14. The molecule has 0 aliphatic carbocycles. The number of thioether (sulfide) groups is 1. The van der Waals surface area contributed by atoms with Crippen LogP contribution < -0.4 is 0 Å². The van der Waals surface area contributed by atoms with Gasteiger partial charge in [-0.05, 0) is 6.42 Å². The third-order valence-corrected chi connectivity index (χ3v) is 3.88. The number of hydrogen-bond donors (Lipinski definition) is 0. The Morgan fingerprint density at radius 3 is 2.09 bits per heavy atom. The molecule has 0 aromatic heterocycles. The molecule has 8 heteroatoms. The highest BCUT2D eigenvalue weighted by Gasteiger charge is 2.68. The van der Waals surface area contributed by atoms with E-state index in [9.17, 15) is 31.1 Å². The minimum Gasteiger partial charge on any atom is -0.282 e. The predicted molar refractivity (Wildman–Crippen MR) is 73.0 cm³/mol. The SMILES string of the molecule is CC(F)(F)C(F)(F)C(F)(F)CCCSC(=O)c1ccccc1. The highest BCUT2D eigenvalue weighted by atomic mass is 32.2. The maximum atomic E-state index is 13.2. The van der Waals surface area contributed by atoms with Crippen LogP contribution in [0.4, 0.5) is 26.3 Å². The summed E-state index contributed by atoms with van der Waals surface area (Å²) in [6.07, 6.45) is -1.90. The van der Waals surface area contributed by atoms with Gasteiger partial charge in [0.15, 0.2) is 0 Å². The van der Waals surface area contributed by atoms with Crippen molar-refractivity contribution < 1.29 is 31.1 Å². The molecular weight excluding hydrogens is 330 g/mol. The molecule has 0 aliphatic heterocycles. The molecule has 0 fully saturated rings.